The lowest BCUT2D eigenvalue weighted by atomic mass is 10.0. The van der Waals surface area contributed by atoms with Crippen molar-refractivity contribution in [2.45, 2.75) is 100 Å². The van der Waals surface area contributed by atoms with Crippen molar-refractivity contribution < 1.29 is 29.0 Å². The van der Waals surface area contributed by atoms with Crippen LogP contribution in [0.15, 0.2) is 79.0 Å². The summed E-state index contributed by atoms with van der Waals surface area (Å²) in [5.74, 6) is -2.42. The summed E-state index contributed by atoms with van der Waals surface area (Å²) in [5, 5.41) is 27.0. The topological polar surface area (TPSA) is 169 Å². The summed E-state index contributed by atoms with van der Waals surface area (Å²) in [6.07, 6.45) is 12.2. The maximum Gasteiger partial charge on any atom is 0.408 e. The summed E-state index contributed by atoms with van der Waals surface area (Å²) in [6.45, 7) is 0.0757. The van der Waals surface area contributed by atoms with E-state index in [9.17, 15) is 24.3 Å². The number of nitrogens with one attached hydrogen (secondary N) is 2. The first-order valence-electron chi connectivity index (χ1n) is 19.2. The van der Waals surface area contributed by atoms with Crippen molar-refractivity contribution in [3.63, 3.8) is 0 Å². The number of hydrogen-bond donors (Lipinski definition) is 3. The SMILES string of the molecule is O=C(N[C@H]1CCCCC/C=C\C2C[C@@]2(C(=O)O)NC(=O)[C@@H]2C[C@@H](n3nc(-c4ccccc4)c(-c4cccc5cccnc45)n3)CN2C1=O)OC1CCCC1. The number of carbonyl (C=O) groups excluding carboxylic acids is 3. The molecule has 2 aromatic carbocycles. The molecule has 5 atom stereocenters. The van der Waals surface area contributed by atoms with E-state index in [0.717, 1.165) is 67.0 Å². The minimum atomic E-state index is -1.44. The highest BCUT2D eigenvalue weighted by atomic mass is 16.6. The summed E-state index contributed by atoms with van der Waals surface area (Å²) < 4.78 is 5.70. The highest BCUT2D eigenvalue weighted by Crippen LogP contribution is 2.46. The number of carboxylic acid groups (broad SMARTS) is 1. The van der Waals surface area contributed by atoms with Crippen molar-refractivity contribution in [1.82, 2.24) is 35.5 Å². The van der Waals surface area contributed by atoms with E-state index in [4.69, 9.17) is 14.9 Å². The fourth-order valence-electron chi connectivity index (χ4n) is 8.33. The van der Waals surface area contributed by atoms with E-state index in [1.54, 1.807) is 11.0 Å². The van der Waals surface area contributed by atoms with E-state index in [1.165, 1.54) is 4.90 Å². The monoisotopic (exact) mass is 731 g/mol. The quantitative estimate of drug-likeness (QED) is 0.207. The molecule has 4 aromatic rings. The molecule has 3 N–H and O–H groups in total. The molecule has 2 aliphatic heterocycles. The molecule has 2 aliphatic carbocycles. The van der Waals surface area contributed by atoms with Crippen LogP contribution in [0.4, 0.5) is 4.79 Å². The Morgan fingerprint density at radius 2 is 1.69 bits per heavy atom. The zero-order chi connectivity index (χ0) is 37.2. The number of aliphatic carboxylic acids is 1. The van der Waals surface area contributed by atoms with Gasteiger partial charge < -0.3 is 25.4 Å². The van der Waals surface area contributed by atoms with Gasteiger partial charge in [0.1, 0.15) is 35.1 Å². The van der Waals surface area contributed by atoms with E-state index >= 15 is 0 Å². The van der Waals surface area contributed by atoms with Crippen molar-refractivity contribution in [2.24, 2.45) is 5.92 Å². The molecule has 280 valence electrons. The van der Waals surface area contributed by atoms with Crippen LogP contribution in [-0.4, -0.2) is 84.1 Å². The Bertz CT molecular complexity index is 2070. The molecule has 4 aliphatic rings. The van der Waals surface area contributed by atoms with Crippen LogP contribution in [0.25, 0.3) is 33.4 Å². The van der Waals surface area contributed by atoms with Crippen molar-refractivity contribution >= 4 is 34.8 Å². The summed E-state index contributed by atoms with van der Waals surface area (Å²) >= 11 is 0. The van der Waals surface area contributed by atoms with Gasteiger partial charge in [-0.05, 0) is 57.4 Å². The molecule has 0 radical (unpaired) electrons. The molecule has 0 spiro atoms. The van der Waals surface area contributed by atoms with Gasteiger partial charge in [0.05, 0.1) is 11.6 Å². The van der Waals surface area contributed by atoms with E-state index < -0.39 is 47.5 Å². The fraction of sp³-hybridized carbons (Fsp3) is 0.439. The van der Waals surface area contributed by atoms with Gasteiger partial charge in [0.2, 0.25) is 11.8 Å². The second-order valence-electron chi connectivity index (χ2n) is 15.0. The van der Waals surface area contributed by atoms with Crippen LogP contribution < -0.4 is 10.6 Å². The molecule has 4 heterocycles. The number of aromatic nitrogens is 4. The Kier molecular flexibility index (Phi) is 9.87. The third kappa shape index (κ3) is 7.06. The van der Waals surface area contributed by atoms with Gasteiger partial charge in [-0.1, -0.05) is 79.6 Å². The van der Waals surface area contributed by atoms with Crippen LogP contribution in [0.2, 0.25) is 0 Å². The Labute approximate surface area is 313 Å². The van der Waals surface area contributed by atoms with E-state index in [2.05, 4.69) is 15.6 Å². The number of alkyl carbamates (subject to hydrolysis) is 1. The second-order valence-corrected chi connectivity index (χ2v) is 15.0. The first-order valence-corrected chi connectivity index (χ1v) is 19.2. The molecule has 2 saturated carbocycles. The highest BCUT2D eigenvalue weighted by molar-refractivity contribution is 5.97. The minimum Gasteiger partial charge on any atom is -0.479 e. The van der Waals surface area contributed by atoms with E-state index in [-0.39, 0.29) is 31.4 Å². The normalized spacial score (nSPS) is 26.9. The van der Waals surface area contributed by atoms with E-state index in [1.807, 2.05) is 72.8 Å². The summed E-state index contributed by atoms with van der Waals surface area (Å²) in [6, 6.07) is 17.0. The lowest BCUT2D eigenvalue weighted by molar-refractivity contribution is -0.145. The number of rotatable bonds is 6. The van der Waals surface area contributed by atoms with Gasteiger partial charge in [-0.3, -0.25) is 14.6 Å². The van der Waals surface area contributed by atoms with Crippen LogP contribution in [-0.2, 0) is 19.1 Å². The van der Waals surface area contributed by atoms with Gasteiger partial charge in [0.25, 0.3) is 0 Å². The van der Waals surface area contributed by atoms with Crippen molar-refractivity contribution in [3.8, 4) is 22.5 Å². The van der Waals surface area contributed by atoms with Crippen molar-refractivity contribution in [1.29, 1.82) is 0 Å². The number of para-hydroxylation sites is 1. The van der Waals surface area contributed by atoms with Gasteiger partial charge in [-0.2, -0.15) is 15.0 Å². The Hall–Kier alpha value is -5.59. The average Bonchev–Trinajstić information content (AvgIpc) is 3.61. The van der Waals surface area contributed by atoms with Gasteiger partial charge in [-0.25, -0.2) is 9.59 Å². The van der Waals surface area contributed by atoms with Gasteiger partial charge in [-0.15, -0.1) is 0 Å². The number of allylic oxidation sites excluding steroid dienone is 1. The number of ether oxygens (including phenoxy) is 1. The number of amides is 3. The maximum absolute atomic E-state index is 14.6. The average molecular weight is 732 g/mol. The molecule has 1 unspecified atom stereocenters. The zero-order valence-electron chi connectivity index (χ0n) is 30.1. The van der Waals surface area contributed by atoms with E-state index in [0.29, 0.717) is 24.2 Å². The lowest BCUT2D eigenvalue weighted by Gasteiger charge is -2.29. The van der Waals surface area contributed by atoms with Crippen molar-refractivity contribution in [2.75, 3.05) is 6.54 Å². The summed E-state index contributed by atoms with van der Waals surface area (Å²) in [5.41, 5.74) is 2.19. The number of carbonyl (C=O) groups is 4. The molecule has 1 saturated heterocycles. The summed E-state index contributed by atoms with van der Waals surface area (Å²) in [7, 11) is 0. The smallest absolute Gasteiger partial charge is 0.408 e. The van der Waals surface area contributed by atoms with Crippen molar-refractivity contribution in [3.05, 3.63) is 79.0 Å². The molecular weight excluding hydrogens is 686 g/mol. The molecule has 13 heteroatoms. The molecular formula is C41H45N7O6. The highest BCUT2D eigenvalue weighted by Gasteiger charge is 2.61. The zero-order valence-corrected chi connectivity index (χ0v) is 30.1. The Morgan fingerprint density at radius 3 is 2.50 bits per heavy atom. The standard InChI is InChI=1S/C41H45N7O6/c49-37-33-23-29(48-45-35(27-13-5-4-6-14-27)36(46-48)31-20-11-15-26-16-12-22-42-34(26)31)25-47(33)38(50)32(43-40(53)54-30-18-9-10-19-30)21-8-3-1-2-7-17-28-24-41(28,44-37)39(51)52/h4-7,11-17,20,22,28-30,32-33H,1-3,8-10,18-19,21,23-25H2,(H,43,53)(H,44,49)(H,51,52)/b17-7-/t28?,29-,32+,33+,41-/m1/s1. The predicted molar refractivity (Wildman–Crippen MR) is 200 cm³/mol. The first-order chi connectivity index (χ1) is 26.3. The minimum absolute atomic E-state index is 0.0757. The van der Waals surface area contributed by atoms with Gasteiger partial charge in [0, 0.05) is 41.6 Å². The number of pyridine rings is 1. The van der Waals surface area contributed by atoms with Gasteiger partial charge >= 0.3 is 12.1 Å². The molecule has 54 heavy (non-hydrogen) atoms. The van der Waals surface area contributed by atoms with Crippen LogP contribution in [0.3, 0.4) is 0 Å². The lowest BCUT2D eigenvalue weighted by Crippen LogP contribution is -2.56. The Morgan fingerprint density at radius 1 is 0.907 bits per heavy atom. The summed E-state index contributed by atoms with van der Waals surface area (Å²) in [4.78, 5) is 62.4. The fourth-order valence-corrected chi connectivity index (χ4v) is 8.33. The maximum atomic E-state index is 14.6. The predicted octanol–water partition coefficient (Wildman–Crippen LogP) is 5.82. The first kappa shape index (κ1) is 35.4. The Balaban J connectivity index is 1.15. The molecule has 13 nitrogen and oxygen atoms in total. The molecule has 8 rings (SSSR count). The number of hydrogen-bond acceptors (Lipinski definition) is 8. The second kappa shape index (κ2) is 15.0. The van der Waals surface area contributed by atoms with Crippen LogP contribution in [0, 0.1) is 5.92 Å². The molecule has 2 aromatic heterocycles. The third-order valence-corrected chi connectivity index (χ3v) is 11.4. The number of fused-ring (bicyclic) bond motifs is 3. The van der Waals surface area contributed by atoms with Crippen LogP contribution >= 0.6 is 0 Å². The number of benzene rings is 2. The van der Waals surface area contributed by atoms with Crippen LogP contribution in [0.5, 0.6) is 0 Å². The largest absolute Gasteiger partial charge is 0.479 e. The third-order valence-electron chi connectivity index (χ3n) is 11.4. The molecule has 3 fully saturated rings. The van der Waals surface area contributed by atoms with Gasteiger partial charge in [0.15, 0.2) is 0 Å². The molecule has 3 amide bonds. The van der Waals surface area contributed by atoms with Crippen LogP contribution in [0.1, 0.15) is 76.7 Å². The molecule has 0 bridgehead atoms. The number of nitrogens with zero attached hydrogens (tertiary/aromatic N) is 5. The number of carboxylic acids is 1.